The standard InChI is InChI=1S/C14H12O/c15-12-7-6-11-5-4-10-2-1-3-13(10)14(11)9-8-12/h1,3-5,8-9H,2,6-7H2. The van der Waals surface area contributed by atoms with Crippen LogP contribution in [0.1, 0.15) is 28.7 Å². The molecule has 1 nitrogen and oxygen atoms in total. The molecule has 0 fully saturated rings. The molecule has 0 N–H and O–H groups in total. The van der Waals surface area contributed by atoms with E-state index < -0.39 is 0 Å². The summed E-state index contributed by atoms with van der Waals surface area (Å²) < 4.78 is 0. The second kappa shape index (κ2) is 3.20. The minimum atomic E-state index is 0.238. The number of aryl methyl sites for hydroxylation is 1. The molecule has 2 aliphatic carbocycles. The molecule has 1 heteroatoms. The third kappa shape index (κ3) is 1.35. The van der Waals surface area contributed by atoms with Gasteiger partial charge in [-0.05, 0) is 41.2 Å². The molecule has 1 aromatic rings. The molecule has 0 saturated heterocycles. The second-order valence-electron chi connectivity index (χ2n) is 4.12. The van der Waals surface area contributed by atoms with Crippen molar-refractivity contribution in [3.05, 3.63) is 46.5 Å². The average molecular weight is 196 g/mol. The highest BCUT2D eigenvalue weighted by atomic mass is 16.1. The maximum atomic E-state index is 11.3. The molecular weight excluding hydrogens is 184 g/mol. The van der Waals surface area contributed by atoms with Crippen LogP contribution in [0.2, 0.25) is 0 Å². The Morgan fingerprint density at radius 3 is 2.60 bits per heavy atom. The zero-order valence-electron chi connectivity index (χ0n) is 8.49. The Morgan fingerprint density at radius 2 is 1.67 bits per heavy atom. The Bertz CT molecular complexity index is 492. The van der Waals surface area contributed by atoms with Crippen molar-refractivity contribution in [3.63, 3.8) is 0 Å². The highest BCUT2D eigenvalue weighted by Gasteiger charge is 2.15. The minimum Gasteiger partial charge on any atom is -0.295 e. The van der Waals surface area contributed by atoms with Gasteiger partial charge in [-0.3, -0.25) is 4.79 Å². The predicted octanol–water partition coefficient (Wildman–Crippen LogP) is 2.78. The maximum Gasteiger partial charge on any atom is 0.156 e. The van der Waals surface area contributed by atoms with E-state index in [2.05, 4.69) is 24.3 Å². The largest absolute Gasteiger partial charge is 0.295 e. The molecule has 1 aromatic carbocycles. The van der Waals surface area contributed by atoms with E-state index in [1.807, 2.05) is 6.08 Å². The third-order valence-corrected chi connectivity index (χ3v) is 3.17. The fourth-order valence-electron chi connectivity index (χ4n) is 2.34. The molecule has 0 bridgehead atoms. The Labute approximate surface area is 89.1 Å². The Kier molecular flexibility index (Phi) is 1.84. The van der Waals surface area contributed by atoms with Crippen molar-refractivity contribution >= 4 is 17.9 Å². The van der Waals surface area contributed by atoms with Gasteiger partial charge in [0.2, 0.25) is 0 Å². The molecule has 0 aliphatic heterocycles. The lowest BCUT2D eigenvalue weighted by molar-refractivity contribution is -0.114. The van der Waals surface area contributed by atoms with E-state index in [9.17, 15) is 4.79 Å². The lowest BCUT2D eigenvalue weighted by atomic mass is 9.96. The van der Waals surface area contributed by atoms with Crippen LogP contribution in [0.5, 0.6) is 0 Å². The minimum absolute atomic E-state index is 0.238. The number of fused-ring (bicyclic) bond motifs is 3. The van der Waals surface area contributed by atoms with Crippen LogP contribution in [0.3, 0.4) is 0 Å². The summed E-state index contributed by atoms with van der Waals surface area (Å²) in [5, 5.41) is 0. The van der Waals surface area contributed by atoms with E-state index in [4.69, 9.17) is 0 Å². The smallest absolute Gasteiger partial charge is 0.156 e. The summed E-state index contributed by atoms with van der Waals surface area (Å²) in [6.45, 7) is 0. The fourth-order valence-corrected chi connectivity index (χ4v) is 2.34. The lowest BCUT2D eigenvalue weighted by Crippen LogP contribution is -1.95. The van der Waals surface area contributed by atoms with E-state index in [1.54, 1.807) is 6.08 Å². The zero-order valence-corrected chi connectivity index (χ0v) is 8.49. The van der Waals surface area contributed by atoms with Gasteiger partial charge in [0.1, 0.15) is 0 Å². The van der Waals surface area contributed by atoms with Crippen molar-refractivity contribution in [3.8, 4) is 0 Å². The predicted molar refractivity (Wildman–Crippen MR) is 61.5 cm³/mol. The highest BCUT2D eigenvalue weighted by Crippen LogP contribution is 2.29. The number of hydrogen-bond acceptors (Lipinski definition) is 1. The van der Waals surface area contributed by atoms with Gasteiger partial charge in [0.25, 0.3) is 0 Å². The highest BCUT2D eigenvalue weighted by molar-refractivity contribution is 5.96. The van der Waals surface area contributed by atoms with Gasteiger partial charge >= 0.3 is 0 Å². The van der Waals surface area contributed by atoms with E-state index >= 15 is 0 Å². The molecule has 0 aromatic heterocycles. The summed E-state index contributed by atoms with van der Waals surface area (Å²) >= 11 is 0. The van der Waals surface area contributed by atoms with Crippen molar-refractivity contribution in [1.29, 1.82) is 0 Å². The van der Waals surface area contributed by atoms with Crippen molar-refractivity contribution in [2.45, 2.75) is 19.3 Å². The second-order valence-corrected chi connectivity index (χ2v) is 4.12. The summed E-state index contributed by atoms with van der Waals surface area (Å²) in [4.78, 5) is 11.3. The van der Waals surface area contributed by atoms with Crippen molar-refractivity contribution in [2.24, 2.45) is 0 Å². The van der Waals surface area contributed by atoms with Gasteiger partial charge in [0.15, 0.2) is 5.78 Å². The molecule has 74 valence electrons. The van der Waals surface area contributed by atoms with Gasteiger partial charge in [-0.25, -0.2) is 0 Å². The SMILES string of the molecule is O=C1C=Cc2c(ccc3c2C=CC3)CC1. The van der Waals surface area contributed by atoms with Crippen LogP contribution in [-0.2, 0) is 17.6 Å². The van der Waals surface area contributed by atoms with Gasteiger partial charge in [-0.1, -0.05) is 30.4 Å². The number of carbonyl (C=O) groups is 1. The Hall–Kier alpha value is -1.63. The first kappa shape index (κ1) is 8.66. The molecular formula is C14H12O. The summed E-state index contributed by atoms with van der Waals surface area (Å²) in [7, 11) is 0. The molecule has 0 unspecified atom stereocenters. The number of carbonyl (C=O) groups excluding carboxylic acids is 1. The number of rotatable bonds is 0. The Morgan fingerprint density at radius 1 is 0.867 bits per heavy atom. The first-order valence-electron chi connectivity index (χ1n) is 5.37. The van der Waals surface area contributed by atoms with Gasteiger partial charge in [-0.15, -0.1) is 0 Å². The summed E-state index contributed by atoms with van der Waals surface area (Å²) in [5.74, 6) is 0.238. The number of hydrogen-bond donors (Lipinski definition) is 0. The molecule has 15 heavy (non-hydrogen) atoms. The van der Waals surface area contributed by atoms with Gasteiger partial charge in [0.05, 0.1) is 0 Å². The monoisotopic (exact) mass is 196 g/mol. The normalized spacial score (nSPS) is 17.5. The van der Waals surface area contributed by atoms with E-state index in [-0.39, 0.29) is 5.78 Å². The number of allylic oxidation sites excluding steroid dienone is 2. The summed E-state index contributed by atoms with van der Waals surface area (Å²) in [5.41, 5.74) is 5.26. The van der Waals surface area contributed by atoms with E-state index in [0.29, 0.717) is 6.42 Å². The average Bonchev–Trinajstić information content (AvgIpc) is 2.64. The fraction of sp³-hybridized carbons (Fsp3) is 0.214. The molecule has 3 rings (SSSR count). The van der Waals surface area contributed by atoms with Gasteiger partial charge in [-0.2, -0.15) is 0 Å². The maximum absolute atomic E-state index is 11.3. The van der Waals surface area contributed by atoms with Crippen molar-refractivity contribution < 1.29 is 4.79 Å². The van der Waals surface area contributed by atoms with Crippen LogP contribution in [-0.4, -0.2) is 5.78 Å². The third-order valence-electron chi connectivity index (χ3n) is 3.17. The van der Waals surface area contributed by atoms with Crippen LogP contribution < -0.4 is 0 Å². The lowest BCUT2D eigenvalue weighted by Gasteiger charge is -2.08. The Balaban J connectivity index is 2.21. The topological polar surface area (TPSA) is 17.1 Å². The molecule has 0 atom stereocenters. The zero-order chi connectivity index (χ0) is 10.3. The van der Waals surface area contributed by atoms with Crippen LogP contribution in [0.4, 0.5) is 0 Å². The summed E-state index contributed by atoms with van der Waals surface area (Å²) in [6, 6.07) is 4.36. The van der Waals surface area contributed by atoms with Crippen LogP contribution in [0.15, 0.2) is 24.3 Å². The molecule has 0 radical (unpaired) electrons. The van der Waals surface area contributed by atoms with Gasteiger partial charge < -0.3 is 0 Å². The molecule has 0 amide bonds. The number of ketones is 1. The van der Waals surface area contributed by atoms with Crippen LogP contribution >= 0.6 is 0 Å². The van der Waals surface area contributed by atoms with Crippen LogP contribution in [0, 0.1) is 0 Å². The van der Waals surface area contributed by atoms with E-state index in [1.165, 1.54) is 22.3 Å². The molecule has 0 spiro atoms. The number of benzene rings is 1. The van der Waals surface area contributed by atoms with Crippen molar-refractivity contribution in [2.75, 3.05) is 0 Å². The van der Waals surface area contributed by atoms with Gasteiger partial charge in [0, 0.05) is 6.42 Å². The molecule has 0 saturated carbocycles. The van der Waals surface area contributed by atoms with Crippen molar-refractivity contribution in [1.82, 2.24) is 0 Å². The molecule has 2 aliphatic rings. The summed E-state index contributed by atoms with van der Waals surface area (Å²) in [6.07, 6.45) is 10.6. The first-order valence-corrected chi connectivity index (χ1v) is 5.37. The van der Waals surface area contributed by atoms with E-state index in [0.717, 1.165) is 12.8 Å². The quantitative estimate of drug-likeness (QED) is 0.623. The first-order chi connectivity index (χ1) is 7.34. The van der Waals surface area contributed by atoms with Crippen LogP contribution in [0.25, 0.3) is 12.2 Å². The molecule has 0 heterocycles.